The highest BCUT2D eigenvalue weighted by atomic mass is 19.1. The number of nitrogens with zero attached hydrogens (tertiary/aromatic N) is 2. The summed E-state index contributed by atoms with van der Waals surface area (Å²) in [6.45, 7) is 6.66. The number of aromatic nitrogens is 1. The summed E-state index contributed by atoms with van der Waals surface area (Å²) in [5, 5.41) is 3.17. The number of hydrogen-bond acceptors (Lipinski definition) is 3. The monoisotopic (exact) mass is 235 g/mol. The van der Waals surface area contributed by atoms with E-state index in [1.165, 1.54) is 12.3 Å². The SMILES string of the molecule is C#CCN(CC)c1ncc(F)cc1CNCC. The summed E-state index contributed by atoms with van der Waals surface area (Å²) in [6, 6.07) is 1.50. The molecule has 1 rings (SSSR count). The van der Waals surface area contributed by atoms with Gasteiger partial charge in [0.1, 0.15) is 11.6 Å². The average molecular weight is 235 g/mol. The van der Waals surface area contributed by atoms with Crippen molar-refractivity contribution >= 4 is 5.82 Å². The third-order valence-electron chi connectivity index (χ3n) is 2.44. The minimum Gasteiger partial charge on any atom is -0.345 e. The number of halogens is 1. The molecular formula is C13H18FN3. The van der Waals surface area contributed by atoms with E-state index in [1.807, 2.05) is 18.7 Å². The van der Waals surface area contributed by atoms with Gasteiger partial charge in [0, 0.05) is 18.7 Å². The molecule has 0 aliphatic heterocycles. The normalized spacial score (nSPS) is 10.0. The first-order valence-electron chi connectivity index (χ1n) is 5.76. The van der Waals surface area contributed by atoms with Crippen LogP contribution in [0.1, 0.15) is 19.4 Å². The lowest BCUT2D eigenvalue weighted by Gasteiger charge is -2.22. The minimum atomic E-state index is -0.321. The molecule has 3 nitrogen and oxygen atoms in total. The van der Waals surface area contributed by atoms with Gasteiger partial charge >= 0.3 is 0 Å². The van der Waals surface area contributed by atoms with E-state index in [0.717, 1.165) is 24.5 Å². The molecule has 0 radical (unpaired) electrons. The Balaban J connectivity index is 2.99. The van der Waals surface area contributed by atoms with Gasteiger partial charge in [-0.3, -0.25) is 0 Å². The van der Waals surface area contributed by atoms with Crippen LogP contribution in [-0.4, -0.2) is 24.6 Å². The predicted octanol–water partition coefficient (Wildman–Crippen LogP) is 1.79. The van der Waals surface area contributed by atoms with E-state index in [2.05, 4.69) is 16.2 Å². The molecule has 17 heavy (non-hydrogen) atoms. The van der Waals surface area contributed by atoms with Crippen molar-refractivity contribution in [3.8, 4) is 12.3 Å². The zero-order valence-electron chi connectivity index (χ0n) is 10.3. The number of terminal acetylenes is 1. The van der Waals surface area contributed by atoms with Crippen molar-refractivity contribution in [3.05, 3.63) is 23.6 Å². The van der Waals surface area contributed by atoms with Crippen LogP contribution < -0.4 is 10.2 Å². The van der Waals surface area contributed by atoms with Crippen molar-refractivity contribution in [1.82, 2.24) is 10.3 Å². The fraction of sp³-hybridized carbons (Fsp3) is 0.462. The lowest BCUT2D eigenvalue weighted by molar-refractivity contribution is 0.613. The van der Waals surface area contributed by atoms with Gasteiger partial charge < -0.3 is 10.2 Å². The van der Waals surface area contributed by atoms with Crippen LogP contribution in [0.3, 0.4) is 0 Å². The van der Waals surface area contributed by atoms with E-state index in [1.54, 1.807) is 0 Å². The largest absolute Gasteiger partial charge is 0.345 e. The zero-order chi connectivity index (χ0) is 12.7. The maximum absolute atomic E-state index is 13.2. The van der Waals surface area contributed by atoms with Crippen molar-refractivity contribution in [2.45, 2.75) is 20.4 Å². The number of pyridine rings is 1. The highest BCUT2D eigenvalue weighted by Crippen LogP contribution is 2.18. The summed E-state index contributed by atoms with van der Waals surface area (Å²) in [7, 11) is 0. The van der Waals surface area contributed by atoms with Crippen molar-refractivity contribution in [2.75, 3.05) is 24.5 Å². The molecule has 0 saturated carbocycles. The van der Waals surface area contributed by atoms with Crippen LogP contribution in [0.2, 0.25) is 0 Å². The van der Waals surface area contributed by atoms with E-state index in [-0.39, 0.29) is 5.82 Å². The second-order valence-corrected chi connectivity index (χ2v) is 3.63. The molecule has 1 heterocycles. The Morgan fingerprint density at radius 1 is 1.53 bits per heavy atom. The maximum Gasteiger partial charge on any atom is 0.141 e. The van der Waals surface area contributed by atoms with Crippen LogP contribution in [0.4, 0.5) is 10.2 Å². The fourth-order valence-electron chi connectivity index (χ4n) is 1.60. The topological polar surface area (TPSA) is 28.2 Å². The van der Waals surface area contributed by atoms with Gasteiger partial charge in [0.25, 0.3) is 0 Å². The van der Waals surface area contributed by atoms with Crippen molar-refractivity contribution in [3.63, 3.8) is 0 Å². The van der Waals surface area contributed by atoms with Crippen LogP contribution in [0.25, 0.3) is 0 Å². The molecule has 0 aliphatic carbocycles. The molecule has 0 amide bonds. The lowest BCUT2D eigenvalue weighted by Crippen LogP contribution is -2.26. The maximum atomic E-state index is 13.2. The molecule has 1 aromatic rings. The van der Waals surface area contributed by atoms with Gasteiger partial charge in [-0.1, -0.05) is 12.8 Å². The third-order valence-corrected chi connectivity index (χ3v) is 2.44. The van der Waals surface area contributed by atoms with Gasteiger partial charge in [0.15, 0.2) is 0 Å². The average Bonchev–Trinajstić information content (AvgIpc) is 2.34. The number of rotatable bonds is 6. The summed E-state index contributed by atoms with van der Waals surface area (Å²) < 4.78 is 13.2. The highest BCUT2D eigenvalue weighted by molar-refractivity contribution is 5.47. The third kappa shape index (κ3) is 3.72. The van der Waals surface area contributed by atoms with Gasteiger partial charge in [0.05, 0.1) is 12.7 Å². The van der Waals surface area contributed by atoms with Crippen LogP contribution >= 0.6 is 0 Å². The van der Waals surface area contributed by atoms with Crippen molar-refractivity contribution in [2.24, 2.45) is 0 Å². The van der Waals surface area contributed by atoms with E-state index in [4.69, 9.17) is 6.42 Å². The van der Waals surface area contributed by atoms with Gasteiger partial charge in [-0.15, -0.1) is 6.42 Å². The van der Waals surface area contributed by atoms with E-state index < -0.39 is 0 Å². The van der Waals surface area contributed by atoms with Crippen molar-refractivity contribution in [1.29, 1.82) is 0 Å². The van der Waals surface area contributed by atoms with Crippen molar-refractivity contribution < 1.29 is 4.39 Å². The molecule has 0 aromatic carbocycles. The summed E-state index contributed by atoms with van der Waals surface area (Å²) in [4.78, 5) is 6.09. The molecule has 1 N–H and O–H groups in total. The standard InChI is InChI=1S/C13H18FN3/c1-4-7-17(6-3)13-11(9-15-5-2)8-12(14)10-16-13/h1,8,10,15H,5-7,9H2,2-3H3. The number of anilines is 1. The number of nitrogens with one attached hydrogen (secondary N) is 1. The molecular weight excluding hydrogens is 217 g/mol. The Labute approximate surface area is 102 Å². The molecule has 92 valence electrons. The van der Waals surface area contributed by atoms with Gasteiger partial charge in [-0.2, -0.15) is 0 Å². The first-order valence-corrected chi connectivity index (χ1v) is 5.76. The van der Waals surface area contributed by atoms with Gasteiger partial charge in [-0.05, 0) is 19.5 Å². The van der Waals surface area contributed by atoms with Crippen LogP contribution in [0.5, 0.6) is 0 Å². The van der Waals surface area contributed by atoms with E-state index >= 15 is 0 Å². The van der Waals surface area contributed by atoms with Gasteiger partial charge in [-0.25, -0.2) is 9.37 Å². The van der Waals surface area contributed by atoms with Crippen LogP contribution in [0.15, 0.2) is 12.3 Å². The smallest absolute Gasteiger partial charge is 0.141 e. The quantitative estimate of drug-likeness (QED) is 0.762. The van der Waals surface area contributed by atoms with E-state index in [9.17, 15) is 4.39 Å². The molecule has 0 spiro atoms. The molecule has 0 unspecified atom stereocenters. The summed E-state index contributed by atoms with van der Waals surface area (Å²) in [6.07, 6.45) is 6.54. The fourth-order valence-corrected chi connectivity index (χ4v) is 1.60. The molecule has 0 aliphatic rings. The zero-order valence-corrected chi connectivity index (χ0v) is 10.3. The molecule has 0 fully saturated rings. The second-order valence-electron chi connectivity index (χ2n) is 3.63. The molecule has 4 heteroatoms. The Morgan fingerprint density at radius 3 is 2.88 bits per heavy atom. The first kappa shape index (κ1) is 13.5. The summed E-state index contributed by atoms with van der Waals surface area (Å²) in [5.41, 5.74) is 0.837. The van der Waals surface area contributed by atoms with Crippen LogP contribution in [-0.2, 0) is 6.54 Å². The molecule has 1 aromatic heterocycles. The lowest BCUT2D eigenvalue weighted by atomic mass is 10.2. The molecule has 0 atom stereocenters. The minimum absolute atomic E-state index is 0.321. The predicted molar refractivity (Wildman–Crippen MR) is 68.3 cm³/mol. The first-order chi connectivity index (χ1) is 8.22. The second kappa shape index (κ2) is 6.87. The highest BCUT2D eigenvalue weighted by Gasteiger charge is 2.11. The Bertz CT molecular complexity index is 398. The Morgan fingerprint density at radius 2 is 2.29 bits per heavy atom. The van der Waals surface area contributed by atoms with Gasteiger partial charge in [0.2, 0.25) is 0 Å². The molecule has 0 bridgehead atoms. The van der Waals surface area contributed by atoms with Crippen LogP contribution in [0, 0.1) is 18.2 Å². The molecule has 0 saturated heterocycles. The Kier molecular flexibility index (Phi) is 5.44. The number of hydrogen-bond donors (Lipinski definition) is 1. The summed E-state index contributed by atoms with van der Waals surface area (Å²) in [5.74, 6) is 3.02. The Hall–Kier alpha value is -1.60. The van der Waals surface area contributed by atoms with E-state index in [0.29, 0.717) is 13.1 Å². The summed E-state index contributed by atoms with van der Waals surface area (Å²) >= 11 is 0.